The fourth-order valence-corrected chi connectivity index (χ4v) is 7.92. The number of ether oxygens (including phenoxy) is 2. The Morgan fingerprint density at radius 2 is 2.06 bits per heavy atom. The number of rotatable bonds is 4. The van der Waals surface area contributed by atoms with Crippen LogP contribution < -0.4 is 4.74 Å². The molecule has 0 radical (unpaired) electrons. The van der Waals surface area contributed by atoms with Gasteiger partial charge in [0.1, 0.15) is 16.9 Å². The van der Waals surface area contributed by atoms with Crippen molar-refractivity contribution < 1.29 is 19.0 Å². The maximum absolute atomic E-state index is 10.9. The molecule has 0 amide bonds. The van der Waals surface area contributed by atoms with Crippen molar-refractivity contribution in [1.29, 1.82) is 0 Å². The molecule has 1 saturated heterocycles. The van der Waals surface area contributed by atoms with Gasteiger partial charge in [-0.3, -0.25) is 4.90 Å². The van der Waals surface area contributed by atoms with Crippen LogP contribution in [0.4, 0.5) is 0 Å². The Bertz CT molecular complexity index is 1310. The van der Waals surface area contributed by atoms with E-state index in [1.165, 1.54) is 41.5 Å². The normalized spacial score (nSPS) is 33.6. The first-order valence-electron chi connectivity index (χ1n) is 12.6. The Kier molecular flexibility index (Phi) is 3.51. The van der Waals surface area contributed by atoms with E-state index in [2.05, 4.69) is 36.1 Å². The molecular weight excluding hydrogens is 414 g/mol. The zero-order valence-electron chi connectivity index (χ0n) is 19.0. The van der Waals surface area contributed by atoms with Crippen LogP contribution in [-0.2, 0) is 23.0 Å². The van der Waals surface area contributed by atoms with E-state index in [0.717, 1.165) is 43.1 Å². The van der Waals surface area contributed by atoms with Gasteiger partial charge in [-0.15, -0.1) is 0 Å². The van der Waals surface area contributed by atoms with Crippen LogP contribution in [0.15, 0.2) is 40.8 Å². The molecule has 3 aliphatic carbocycles. The summed E-state index contributed by atoms with van der Waals surface area (Å²) in [4.78, 5) is 2.73. The molecule has 2 fully saturated rings. The summed E-state index contributed by atoms with van der Waals surface area (Å²) in [6.45, 7) is 5.00. The highest BCUT2D eigenvalue weighted by Crippen LogP contribution is 2.70. The van der Waals surface area contributed by atoms with Crippen LogP contribution in [-0.4, -0.2) is 41.3 Å². The van der Waals surface area contributed by atoms with Crippen LogP contribution in [0.2, 0.25) is 0 Å². The molecule has 1 spiro atoms. The zero-order chi connectivity index (χ0) is 21.9. The smallest absolute Gasteiger partial charge is 0.169 e. The van der Waals surface area contributed by atoms with E-state index in [1.807, 2.05) is 12.1 Å². The van der Waals surface area contributed by atoms with E-state index in [-0.39, 0.29) is 17.3 Å². The quantitative estimate of drug-likeness (QED) is 0.623. The first kappa shape index (κ1) is 18.9. The maximum atomic E-state index is 10.9. The summed E-state index contributed by atoms with van der Waals surface area (Å²) in [7, 11) is 0. The first-order chi connectivity index (χ1) is 16.2. The van der Waals surface area contributed by atoms with Crippen LogP contribution >= 0.6 is 0 Å². The van der Waals surface area contributed by atoms with Gasteiger partial charge in [0.25, 0.3) is 0 Å². The summed E-state index contributed by atoms with van der Waals surface area (Å²) >= 11 is 0. The maximum Gasteiger partial charge on any atom is 0.169 e. The third-order valence-electron chi connectivity index (χ3n) is 9.29. The third-order valence-corrected chi connectivity index (χ3v) is 9.29. The monoisotopic (exact) mass is 443 g/mol. The number of para-hydroxylation sites is 1. The van der Waals surface area contributed by atoms with E-state index in [0.29, 0.717) is 18.4 Å². The minimum absolute atomic E-state index is 0.236. The Morgan fingerprint density at radius 1 is 1.18 bits per heavy atom. The van der Waals surface area contributed by atoms with Crippen molar-refractivity contribution in [2.75, 3.05) is 19.7 Å². The van der Waals surface area contributed by atoms with E-state index < -0.39 is 5.60 Å². The van der Waals surface area contributed by atoms with Gasteiger partial charge in [-0.05, 0) is 62.8 Å². The second kappa shape index (κ2) is 6.13. The van der Waals surface area contributed by atoms with Gasteiger partial charge in [-0.25, -0.2) is 0 Å². The van der Waals surface area contributed by atoms with Crippen molar-refractivity contribution in [3.05, 3.63) is 58.8 Å². The second-order valence-electron chi connectivity index (χ2n) is 10.8. The topological polar surface area (TPSA) is 55.1 Å². The van der Waals surface area contributed by atoms with Crippen molar-refractivity contribution in [3.8, 4) is 11.5 Å². The predicted octanol–water partition coefficient (Wildman–Crippen LogP) is 4.88. The van der Waals surface area contributed by atoms with Gasteiger partial charge in [0.2, 0.25) is 0 Å². The fraction of sp³-hybridized carbons (Fsp3) is 0.500. The van der Waals surface area contributed by atoms with Gasteiger partial charge in [0, 0.05) is 42.1 Å². The lowest BCUT2D eigenvalue weighted by Gasteiger charge is -2.64. The summed E-state index contributed by atoms with van der Waals surface area (Å²) in [5.41, 5.74) is 3.91. The molecule has 1 aromatic heterocycles. The first-order valence-corrected chi connectivity index (χ1v) is 12.6. The minimum atomic E-state index is -0.398. The Balaban J connectivity index is 1.44. The number of phenols is 1. The highest BCUT2D eigenvalue weighted by molar-refractivity contribution is 5.84. The third kappa shape index (κ3) is 2.12. The van der Waals surface area contributed by atoms with Crippen LogP contribution in [0.5, 0.6) is 11.5 Å². The molecule has 2 aromatic carbocycles. The number of piperidine rings is 1. The Hall–Kier alpha value is -2.50. The molecule has 1 N–H and O–H groups in total. The van der Waals surface area contributed by atoms with E-state index in [9.17, 15) is 5.11 Å². The molecule has 33 heavy (non-hydrogen) atoms. The standard InChI is InChI=1S/C28H29NO4/c1-2-31-28-14-19-18-5-3-4-6-21(18)32-24(19)26-27(28)11-12-29(15-16-7-8-16)22(28)13-17-9-10-20(30)25(33-26)23(17)27/h3-6,9-10,16,22,26,30H,2,7-8,11-15H2,1H3/t22?,26?,27?,28-/m1/s1. The van der Waals surface area contributed by atoms with Gasteiger partial charge >= 0.3 is 0 Å². The van der Waals surface area contributed by atoms with Crippen molar-refractivity contribution in [2.24, 2.45) is 5.92 Å². The number of benzene rings is 2. The van der Waals surface area contributed by atoms with Gasteiger partial charge in [-0.1, -0.05) is 24.3 Å². The Labute approximate surface area is 193 Å². The summed E-state index contributed by atoms with van der Waals surface area (Å²) in [5.74, 6) is 2.66. The molecule has 5 nitrogen and oxygen atoms in total. The molecule has 5 heteroatoms. The summed E-state index contributed by atoms with van der Waals surface area (Å²) in [5, 5.41) is 12.1. The molecule has 1 saturated carbocycles. The molecule has 2 bridgehead atoms. The number of likely N-dealkylation sites (tertiary alicyclic amines) is 1. The zero-order valence-corrected chi connectivity index (χ0v) is 19.0. The van der Waals surface area contributed by atoms with E-state index in [4.69, 9.17) is 13.9 Å². The number of aromatic hydroxyl groups is 1. The largest absolute Gasteiger partial charge is 0.504 e. The number of hydrogen-bond donors (Lipinski definition) is 1. The molecular formula is C28H29NO4. The highest BCUT2D eigenvalue weighted by Gasteiger charge is 2.74. The van der Waals surface area contributed by atoms with Crippen LogP contribution in [0.1, 0.15) is 54.7 Å². The van der Waals surface area contributed by atoms with Crippen molar-refractivity contribution >= 4 is 11.0 Å². The number of furan rings is 1. The van der Waals surface area contributed by atoms with E-state index in [1.54, 1.807) is 0 Å². The summed E-state index contributed by atoms with van der Waals surface area (Å²) in [6.07, 6.45) is 5.17. The molecule has 3 unspecified atom stereocenters. The van der Waals surface area contributed by atoms with Crippen LogP contribution in [0.3, 0.4) is 0 Å². The average molecular weight is 444 g/mol. The van der Waals surface area contributed by atoms with Gasteiger partial charge in [-0.2, -0.15) is 0 Å². The molecule has 2 aliphatic heterocycles. The van der Waals surface area contributed by atoms with Gasteiger partial charge in [0.15, 0.2) is 17.6 Å². The van der Waals surface area contributed by atoms with Gasteiger partial charge < -0.3 is 19.0 Å². The minimum Gasteiger partial charge on any atom is -0.504 e. The van der Waals surface area contributed by atoms with Crippen molar-refractivity contribution in [2.45, 2.75) is 62.2 Å². The summed E-state index contributed by atoms with van der Waals surface area (Å²) in [6, 6.07) is 12.6. The highest BCUT2D eigenvalue weighted by atomic mass is 16.5. The molecule has 170 valence electrons. The average Bonchev–Trinajstić information content (AvgIpc) is 3.45. The van der Waals surface area contributed by atoms with E-state index >= 15 is 0 Å². The fourth-order valence-electron chi connectivity index (χ4n) is 7.92. The van der Waals surface area contributed by atoms with Crippen LogP contribution in [0, 0.1) is 5.92 Å². The number of phenolic OH excluding ortho intramolecular Hbond substituents is 1. The molecule has 4 atom stereocenters. The molecule has 3 aromatic rings. The number of fused-ring (bicyclic) bond motifs is 4. The SMILES string of the molecule is CCO[C@@]12Cc3c(oc4ccccc34)C3Oc4c(O)ccc5c4C31CCN(CC1CC1)C2C5. The number of nitrogens with zero attached hydrogens (tertiary/aromatic N) is 1. The molecule has 5 aliphatic rings. The lowest BCUT2D eigenvalue weighted by atomic mass is 9.49. The lowest BCUT2D eigenvalue weighted by molar-refractivity contribution is -0.204. The van der Waals surface area contributed by atoms with Crippen LogP contribution in [0.25, 0.3) is 11.0 Å². The molecule has 8 rings (SSSR count). The molecule has 3 heterocycles. The van der Waals surface area contributed by atoms with Crippen molar-refractivity contribution in [3.63, 3.8) is 0 Å². The Morgan fingerprint density at radius 3 is 2.91 bits per heavy atom. The second-order valence-corrected chi connectivity index (χ2v) is 10.8. The number of hydrogen-bond acceptors (Lipinski definition) is 5. The lowest BCUT2D eigenvalue weighted by Crippen LogP contribution is -2.75. The summed E-state index contributed by atoms with van der Waals surface area (Å²) < 4.78 is 20.2. The predicted molar refractivity (Wildman–Crippen MR) is 124 cm³/mol. The van der Waals surface area contributed by atoms with Gasteiger partial charge in [0.05, 0.1) is 5.41 Å². The van der Waals surface area contributed by atoms with Crippen molar-refractivity contribution in [1.82, 2.24) is 4.90 Å².